The quantitative estimate of drug-likeness (QED) is 0.742. The number of fused-ring (bicyclic) bond motifs is 2. The number of nitrogens with zero attached hydrogens (tertiary/aromatic N) is 3. The second-order valence-corrected chi connectivity index (χ2v) is 7.62. The molecular weight excluding hydrogens is 336 g/mol. The van der Waals surface area contributed by atoms with Crippen molar-refractivity contribution in [2.45, 2.75) is 35.7 Å². The summed E-state index contributed by atoms with van der Waals surface area (Å²) in [5.41, 5.74) is 2.34. The predicted octanol–water partition coefficient (Wildman–Crippen LogP) is 3.37. The van der Waals surface area contributed by atoms with Crippen molar-refractivity contribution in [3.8, 4) is 0 Å². The Balaban J connectivity index is 1.40. The van der Waals surface area contributed by atoms with Crippen molar-refractivity contribution in [3.63, 3.8) is 0 Å². The highest BCUT2D eigenvalue weighted by molar-refractivity contribution is 7.99. The Morgan fingerprint density at radius 1 is 1.28 bits per heavy atom. The molecule has 2 aliphatic heterocycles. The van der Waals surface area contributed by atoms with Crippen LogP contribution in [0.2, 0.25) is 0 Å². The van der Waals surface area contributed by atoms with Crippen LogP contribution in [0.25, 0.3) is 0 Å². The van der Waals surface area contributed by atoms with Crippen LogP contribution in [-0.2, 0) is 11.3 Å². The molecule has 1 fully saturated rings. The molecule has 0 radical (unpaired) electrons. The van der Waals surface area contributed by atoms with Gasteiger partial charge in [0.2, 0.25) is 0 Å². The van der Waals surface area contributed by atoms with E-state index in [1.807, 2.05) is 0 Å². The van der Waals surface area contributed by atoms with Gasteiger partial charge in [-0.1, -0.05) is 17.8 Å². The largest absolute Gasteiger partial charge is 0.481 e. The normalized spacial score (nSPS) is 17.4. The Morgan fingerprint density at radius 3 is 2.88 bits per heavy atom. The lowest BCUT2D eigenvalue weighted by Crippen LogP contribution is -2.33. The minimum absolute atomic E-state index is 0.300. The molecule has 0 aliphatic carbocycles. The van der Waals surface area contributed by atoms with Crippen LogP contribution in [0.15, 0.2) is 40.5 Å². The molecule has 2 aliphatic rings. The van der Waals surface area contributed by atoms with Crippen LogP contribution < -0.4 is 5.32 Å². The minimum Gasteiger partial charge on any atom is -0.481 e. The first-order chi connectivity index (χ1) is 12.2. The molecule has 6 nitrogen and oxygen atoms in total. The number of nitrogens with one attached hydrogen (secondary N) is 1. The van der Waals surface area contributed by atoms with Gasteiger partial charge in [-0.15, -0.1) is 0 Å². The SMILES string of the molecule is O=C(O)CC1CCN(Cc2ccc3c(c2)Nc2nccnc2S3)CC1. The molecule has 4 rings (SSSR count). The van der Waals surface area contributed by atoms with E-state index in [4.69, 9.17) is 5.11 Å². The van der Waals surface area contributed by atoms with Gasteiger partial charge in [0.15, 0.2) is 5.82 Å². The van der Waals surface area contributed by atoms with Gasteiger partial charge >= 0.3 is 5.97 Å². The third-order valence-corrected chi connectivity index (χ3v) is 5.81. The second kappa shape index (κ2) is 7.01. The number of rotatable bonds is 4. The molecule has 0 bridgehead atoms. The zero-order valence-electron chi connectivity index (χ0n) is 13.8. The maximum Gasteiger partial charge on any atom is 0.303 e. The van der Waals surface area contributed by atoms with Crippen molar-refractivity contribution >= 4 is 29.2 Å². The van der Waals surface area contributed by atoms with E-state index in [1.165, 1.54) is 5.56 Å². The molecule has 1 aromatic carbocycles. The number of hydrogen-bond donors (Lipinski definition) is 2. The number of piperidine rings is 1. The highest BCUT2D eigenvalue weighted by Crippen LogP contribution is 2.42. The number of hydrogen-bond acceptors (Lipinski definition) is 6. The van der Waals surface area contributed by atoms with Crippen LogP contribution in [0.4, 0.5) is 11.5 Å². The van der Waals surface area contributed by atoms with E-state index in [1.54, 1.807) is 24.2 Å². The summed E-state index contributed by atoms with van der Waals surface area (Å²) in [6.45, 7) is 2.82. The number of carboxylic acid groups (broad SMARTS) is 1. The molecule has 0 atom stereocenters. The monoisotopic (exact) mass is 356 g/mol. The van der Waals surface area contributed by atoms with Crippen molar-refractivity contribution in [3.05, 3.63) is 36.2 Å². The fraction of sp³-hybridized carbons (Fsp3) is 0.389. The first-order valence-electron chi connectivity index (χ1n) is 8.50. The van der Waals surface area contributed by atoms with E-state index in [0.717, 1.165) is 53.9 Å². The van der Waals surface area contributed by atoms with Gasteiger partial charge in [-0.3, -0.25) is 9.69 Å². The maximum atomic E-state index is 10.8. The standard InChI is InChI=1S/C18H20N4O2S/c23-16(24)10-12-3-7-22(8-4-12)11-13-1-2-15-14(9-13)21-17-18(25-15)20-6-5-19-17/h1-2,5-6,9,12H,3-4,7-8,10-11H2,(H,19,21)(H,23,24). The summed E-state index contributed by atoms with van der Waals surface area (Å²) in [5, 5.41) is 13.2. The number of aromatic nitrogens is 2. The number of anilines is 2. The van der Waals surface area contributed by atoms with E-state index in [-0.39, 0.29) is 0 Å². The van der Waals surface area contributed by atoms with Gasteiger partial charge in [-0.2, -0.15) is 0 Å². The lowest BCUT2D eigenvalue weighted by Gasteiger charge is -2.31. The van der Waals surface area contributed by atoms with Crippen LogP contribution >= 0.6 is 11.8 Å². The summed E-state index contributed by atoms with van der Waals surface area (Å²) in [5.74, 6) is 0.456. The van der Waals surface area contributed by atoms with Crippen molar-refractivity contribution in [2.75, 3.05) is 18.4 Å². The van der Waals surface area contributed by atoms with Gasteiger partial charge in [0.25, 0.3) is 0 Å². The molecule has 1 aromatic heterocycles. The summed E-state index contributed by atoms with van der Waals surface area (Å²) >= 11 is 1.64. The first kappa shape index (κ1) is 16.4. The van der Waals surface area contributed by atoms with Crippen LogP contribution in [0, 0.1) is 5.92 Å². The number of benzene rings is 1. The van der Waals surface area contributed by atoms with Crippen molar-refractivity contribution in [1.82, 2.24) is 14.9 Å². The zero-order chi connectivity index (χ0) is 17.2. The highest BCUT2D eigenvalue weighted by atomic mass is 32.2. The topological polar surface area (TPSA) is 78.4 Å². The lowest BCUT2D eigenvalue weighted by atomic mass is 9.93. The molecule has 2 aromatic rings. The third-order valence-electron chi connectivity index (χ3n) is 4.74. The minimum atomic E-state index is -0.680. The Labute approximate surface area is 150 Å². The van der Waals surface area contributed by atoms with Gasteiger partial charge in [0, 0.05) is 30.3 Å². The molecule has 3 heterocycles. The Morgan fingerprint density at radius 2 is 2.08 bits per heavy atom. The molecule has 1 saturated heterocycles. The summed E-state index contributed by atoms with van der Waals surface area (Å²) < 4.78 is 0. The molecule has 0 amide bonds. The Hall–Kier alpha value is -2.12. The molecule has 130 valence electrons. The van der Waals surface area contributed by atoms with E-state index in [0.29, 0.717) is 12.3 Å². The molecule has 0 saturated carbocycles. The highest BCUT2D eigenvalue weighted by Gasteiger charge is 2.22. The third kappa shape index (κ3) is 3.77. The van der Waals surface area contributed by atoms with Crippen molar-refractivity contribution in [2.24, 2.45) is 5.92 Å². The van der Waals surface area contributed by atoms with E-state index >= 15 is 0 Å². The summed E-state index contributed by atoms with van der Waals surface area (Å²) in [6, 6.07) is 6.48. The Kier molecular flexibility index (Phi) is 4.59. The lowest BCUT2D eigenvalue weighted by molar-refractivity contribution is -0.138. The second-order valence-electron chi connectivity index (χ2n) is 6.59. The number of likely N-dealkylation sites (tertiary alicyclic amines) is 1. The summed E-state index contributed by atoms with van der Waals surface area (Å²) in [4.78, 5) is 23.1. The predicted molar refractivity (Wildman–Crippen MR) is 96.1 cm³/mol. The smallest absolute Gasteiger partial charge is 0.303 e. The Bertz CT molecular complexity index is 790. The molecule has 7 heteroatoms. The van der Waals surface area contributed by atoms with Crippen molar-refractivity contribution in [1.29, 1.82) is 0 Å². The number of aliphatic carboxylic acids is 1. The molecule has 25 heavy (non-hydrogen) atoms. The van der Waals surface area contributed by atoms with Crippen molar-refractivity contribution < 1.29 is 9.90 Å². The fourth-order valence-electron chi connectivity index (χ4n) is 3.43. The van der Waals surface area contributed by atoms with Gasteiger partial charge in [0.05, 0.1) is 5.69 Å². The zero-order valence-corrected chi connectivity index (χ0v) is 14.6. The molecular formula is C18H20N4O2S. The summed E-state index contributed by atoms with van der Waals surface area (Å²) in [6.07, 6.45) is 5.64. The van der Waals surface area contributed by atoms with E-state index < -0.39 is 5.97 Å². The number of carboxylic acids is 1. The van der Waals surface area contributed by atoms with Crippen LogP contribution in [0.3, 0.4) is 0 Å². The van der Waals surface area contributed by atoms with Crippen LogP contribution in [0.1, 0.15) is 24.8 Å². The van der Waals surface area contributed by atoms with E-state index in [9.17, 15) is 4.79 Å². The first-order valence-corrected chi connectivity index (χ1v) is 9.32. The number of carbonyl (C=O) groups is 1. The van der Waals surface area contributed by atoms with Gasteiger partial charge < -0.3 is 10.4 Å². The average molecular weight is 356 g/mol. The van der Waals surface area contributed by atoms with E-state index in [2.05, 4.69) is 38.4 Å². The molecule has 0 spiro atoms. The maximum absolute atomic E-state index is 10.8. The van der Waals surface area contributed by atoms with Gasteiger partial charge in [0.1, 0.15) is 5.03 Å². The van der Waals surface area contributed by atoms with Gasteiger partial charge in [-0.25, -0.2) is 9.97 Å². The average Bonchev–Trinajstić information content (AvgIpc) is 2.61. The van der Waals surface area contributed by atoms with Crippen LogP contribution in [-0.4, -0.2) is 39.0 Å². The molecule has 2 N–H and O–H groups in total. The van der Waals surface area contributed by atoms with Crippen LogP contribution in [0.5, 0.6) is 0 Å². The van der Waals surface area contributed by atoms with Gasteiger partial charge in [-0.05, 0) is 49.5 Å². The molecule has 0 unspecified atom stereocenters. The fourth-order valence-corrected chi connectivity index (χ4v) is 4.31. The summed E-state index contributed by atoms with van der Waals surface area (Å²) in [7, 11) is 0.